The van der Waals surface area contributed by atoms with Crippen molar-refractivity contribution < 1.29 is 9.52 Å². The Kier molecular flexibility index (Phi) is 3.07. The number of halogens is 1. The SMILES string of the molecule is OCC1=c2c(c(Cl)ccc3c2cc2cccoc23)C=CS1. The van der Waals surface area contributed by atoms with Gasteiger partial charge in [0.25, 0.3) is 0 Å². The first-order chi connectivity index (χ1) is 10.3. The molecule has 0 aliphatic carbocycles. The standard InChI is InChI=1S/C17H11ClO2S/c18-14-4-3-11-13(8-10-2-1-6-20-17(10)11)16-12(14)5-7-21-15(16)9-19/h1-8,19H,9H2. The highest BCUT2D eigenvalue weighted by molar-refractivity contribution is 8.10. The maximum absolute atomic E-state index is 9.69. The summed E-state index contributed by atoms with van der Waals surface area (Å²) in [6, 6.07) is 9.87. The third kappa shape index (κ3) is 1.93. The van der Waals surface area contributed by atoms with E-state index >= 15 is 0 Å². The Balaban J connectivity index is 2.35. The van der Waals surface area contributed by atoms with E-state index in [2.05, 4.69) is 6.07 Å². The number of hydrogen-bond donors (Lipinski definition) is 1. The average Bonchev–Trinajstić information content (AvgIpc) is 2.83. The van der Waals surface area contributed by atoms with Crippen LogP contribution < -0.4 is 5.22 Å². The van der Waals surface area contributed by atoms with Crippen molar-refractivity contribution in [3.05, 3.63) is 57.8 Å². The fourth-order valence-electron chi connectivity index (χ4n) is 2.79. The Hall–Kier alpha value is -1.68. The maximum atomic E-state index is 9.69. The van der Waals surface area contributed by atoms with Crippen LogP contribution >= 0.6 is 23.4 Å². The molecule has 0 saturated carbocycles. The normalized spacial score (nSPS) is 13.9. The molecule has 0 radical (unpaired) electrons. The van der Waals surface area contributed by atoms with Crippen molar-refractivity contribution in [2.45, 2.75) is 0 Å². The second-order valence-electron chi connectivity index (χ2n) is 4.84. The lowest BCUT2D eigenvalue weighted by Gasteiger charge is -2.08. The quantitative estimate of drug-likeness (QED) is 0.725. The van der Waals surface area contributed by atoms with Crippen LogP contribution in [0.25, 0.3) is 32.7 Å². The van der Waals surface area contributed by atoms with Crippen LogP contribution in [0.3, 0.4) is 0 Å². The van der Waals surface area contributed by atoms with Crippen molar-refractivity contribution in [3.8, 4) is 0 Å². The fourth-order valence-corrected chi connectivity index (χ4v) is 3.79. The summed E-state index contributed by atoms with van der Waals surface area (Å²) in [5.74, 6) is 0. The molecule has 0 amide bonds. The summed E-state index contributed by atoms with van der Waals surface area (Å²) >= 11 is 7.93. The number of fused-ring (bicyclic) bond motifs is 5. The lowest BCUT2D eigenvalue weighted by Crippen LogP contribution is -2.12. The molecule has 2 heterocycles. The molecule has 1 aliphatic rings. The van der Waals surface area contributed by atoms with Gasteiger partial charge in [0.05, 0.1) is 12.9 Å². The van der Waals surface area contributed by atoms with Crippen LogP contribution in [0.5, 0.6) is 0 Å². The summed E-state index contributed by atoms with van der Waals surface area (Å²) in [7, 11) is 0. The Labute approximate surface area is 130 Å². The van der Waals surface area contributed by atoms with Crippen LogP contribution in [0.4, 0.5) is 0 Å². The monoisotopic (exact) mass is 314 g/mol. The minimum absolute atomic E-state index is 0.00385. The van der Waals surface area contributed by atoms with Gasteiger partial charge < -0.3 is 9.52 Å². The van der Waals surface area contributed by atoms with E-state index in [4.69, 9.17) is 16.0 Å². The first kappa shape index (κ1) is 13.0. The fraction of sp³-hybridized carbons (Fsp3) is 0.0588. The Morgan fingerprint density at radius 3 is 2.95 bits per heavy atom. The smallest absolute Gasteiger partial charge is 0.141 e. The molecule has 3 aromatic rings. The second-order valence-corrected chi connectivity index (χ2v) is 6.25. The highest BCUT2D eigenvalue weighted by Gasteiger charge is 2.14. The van der Waals surface area contributed by atoms with Crippen molar-refractivity contribution in [1.82, 2.24) is 0 Å². The van der Waals surface area contributed by atoms with E-state index < -0.39 is 0 Å². The van der Waals surface area contributed by atoms with E-state index in [-0.39, 0.29) is 6.61 Å². The molecular formula is C17H11ClO2S. The molecule has 4 heteroatoms. The highest BCUT2D eigenvalue weighted by atomic mass is 35.5. The van der Waals surface area contributed by atoms with Gasteiger partial charge in [0, 0.05) is 31.5 Å². The van der Waals surface area contributed by atoms with Gasteiger partial charge in [0.1, 0.15) is 5.58 Å². The molecule has 2 aromatic carbocycles. The molecule has 1 N–H and O–H groups in total. The summed E-state index contributed by atoms with van der Waals surface area (Å²) in [5.41, 5.74) is 1.79. The Morgan fingerprint density at radius 2 is 2.10 bits per heavy atom. The number of rotatable bonds is 1. The predicted octanol–water partition coefficient (Wildman–Crippen LogP) is 4.34. The largest absolute Gasteiger partial charge is 0.464 e. The summed E-state index contributed by atoms with van der Waals surface area (Å²) in [6.07, 6.45) is 3.67. The summed E-state index contributed by atoms with van der Waals surface area (Å²) in [4.78, 5) is 0.908. The van der Waals surface area contributed by atoms with Gasteiger partial charge in [-0.3, -0.25) is 0 Å². The van der Waals surface area contributed by atoms with Gasteiger partial charge in [0.2, 0.25) is 0 Å². The van der Waals surface area contributed by atoms with Gasteiger partial charge in [-0.05, 0) is 47.2 Å². The Morgan fingerprint density at radius 1 is 1.19 bits per heavy atom. The van der Waals surface area contributed by atoms with Gasteiger partial charge in [-0.25, -0.2) is 0 Å². The number of thioether (sulfide) groups is 1. The summed E-state index contributed by atoms with van der Waals surface area (Å²) in [5, 5.41) is 16.4. The van der Waals surface area contributed by atoms with E-state index in [0.29, 0.717) is 5.02 Å². The van der Waals surface area contributed by atoms with Crippen LogP contribution in [-0.4, -0.2) is 11.7 Å². The van der Waals surface area contributed by atoms with E-state index in [0.717, 1.165) is 37.4 Å². The molecule has 0 spiro atoms. The van der Waals surface area contributed by atoms with Crippen LogP contribution in [-0.2, 0) is 0 Å². The molecular weight excluding hydrogens is 304 g/mol. The van der Waals surface area contributed by atoms with Crippen molar-refractivity contribution in [1.29, 1.82) is 0 Å². The van der Waals surface area contributed by atoms with E-state index in [1.807, 2.05) is 35.7 Å². The van der Waals surface area contributed by atoms with Crippen LogP contribution in [0.2, 0.25) is 5.02 Å². The summed E-state index contributed by atoms with van der Waals surface area (Å²) in [6.45, 7) is -0.00385. The van der Waals surface area contributed by atoms with Gasteiger partial charge in [-0.15, -0.1) is 0 Å². The van der Waals surface area contributed by atoms with Gasteiger partial charge >= 0.3 is 0 Å². The molecule has 1 aromatic heterocycles. The number of aliphatic hydroxyl groups is 1. The minimum Gasteiger partial charge on any atom is -0.464 e. The molecule has 2 nitrogen and oxygen atoms in total. The van der Waals surface area contributed by atoms with Crippen molar-refractivity contribution in [2.24, 2.45) is 0 Å². The molecule has 0 saturated heterocycles. The first-order valence-electron chi connectivity index (χ1n) is 6.55. The molecule has 104 valence electrons. The average molecular weight is 315 g/mol. The number of aliphatic hydroxyl groups excluding tert-OH is 1. The van der Waals surface area contributed by atoms with Crippen molar-refractivity contribution in [3.63, 3.8) is 0 Å². The maximum Gasteiger partial charge on any atom is 0.141 e. The third-order valence-electron chi connectivity index (χ3n) is 3.70. The highest BCUT2D eigenvalue weighted by Crippen LogP contribution is 2.32. The topological polar surface area (TPSA) is 33.4 Å². The van der Waals surface area contributed by atoms with Crippen molar-refractivity contribution in [2.75, 3.05) is 6.61 Å². The van der Waals surface area contributed by atoms with Crippen molar-refractivity contribution >= 4 is 56.1 Å². The molecule has 0 unspecified atom stereocenters. The molecule has 1 aliphatic heterocycles. The van der Waals surface area contributed by atoms with Gasteiger partial charge in [0.15, 0.2) is 0 Å². The molecule has 0 bridgehead atoms. The Bertz CT molecular complexity index is 970. The van der Waals surface area contributed by atoms with E-state index in [1.165, 1.54) is 11.8 Å². The number of hydrogen-bond acceptors (Lipinski definition) is 3. The first-order valence-corrected chi connectivity index (χ1v) is 7.81. The molecule has 4 rings (SSSR count). The van der Waals surface area contributed by atoms with Crippen LogP contribution in [0.15, 0.2) is 46.4 Å². The predicted molar refractivity (Wildman–Crippen MR) is 89.9 cm³/mol. The summed E-state index contributed by atoms with van der Waals surface area (Å²) < 4.78 is 5.67. The lowest BCUT2D eigenvalue weighted by molar-refractivity contribution is 0.353. The van der Waals surface area contributed by atoms with Gasteiger partial charge in [-0.2, -0.15) is 0 Å². The minimum atomic E-state index is -0.00385. The van der Waals surface area contributed by atoms with E-state index in [1.54, 1.807) is 6.26 Å². The third-order valence-corrected chi connectivity index (χ3v) is 4.92. The lowest BCUT2D eigenvalue weighted by atomic mass is 10.1. The molecule has 0 fully saturated rings. The zero-order chi connectivity index (χ0) is 14.4. The van der Waals surface area contributed by atoms with Crippen LogP contribution in [0.1, 0.15) is 5.56 Å². The molecule has 21 heavy (non-hydrogen) atoms. The zero-order valence-corrected chi connectivity index (χ0v) is 12.5. The second kappa shape index (κ2) is 4.95. The van der Waals surface area contributed by atoms with E-state index in [9.17, 15) is 5.11 Å². The molecule has 0 atom stereocenters. The van der Waals surface area contributed by atoms with Crippen LogP contribution in [0, 0.1) is 0 Å². The zero-order valence-electron chi connectivity index (χ0n) is 11.0. The van der Waals surface area contributed by atoms with Gasteiger partial charge in [-0.1, -0.05) is 23.4 Å².